The molecule has 1 fully saturated rings. The summed E-state index contributed by atoms with van der Waals surface area (Å²) >= 11 is 5.87. The van der Waals surface area contributed by atoms with Crippen LogP contribution in [0.15, 0.2) is 24.3 Å². The van der Waals surface area contributed by atoms with Crippen LogP contribution in [-0.4, -0.2) is 31.1 Å². The van der Waals surface area contributed by atoms with Gasteiger partial charge in [-0.05, 0) is 50.0 Å². The minimum absolute atomic E-state index is 0. The van der Waals surface area contributed by atoms with E-state index in [-0.39, 0.29) is 12.4 Å². The Morgan fingerprint density at radius 1 is 1.35 bits per heavy atom. The molecule has 0 amide bonds. The molecule has 96 valence electrons. The Kier molecular flexibility index (Phi) is 5.74. The number of piperidine rings is 1. The van der Waals surface area contributed by atoms with Gasteiger partial charge >= 0.3 is 0 Å². The number of likely N-dealkylation sites (tertiary alicyclic amines) is 1. The lowest BCUT2D eigenvalue weighted by Gasteiger charge is -2.34. The van der Waals surface area contributed by atoms with Gasteiger partial charge in [-0.25, -0.2) is 0 Å². The maximum absolute atomic E-state index is 6.17. The van der Waals surface area contributed by atoms with Crippen LogP contribution in [0.3, 0.4) is 0 Å². The van der Waals surface area contributed by atoms with E-state index in [2.05, 4.69) is 24.1 Å². The van der Waals surface area contributed by atoms with E-state index in [1.54, 1.807) is 0 Å². The predicted molar refractivity (Wildman–Crippen MR) is 76.0 cm³/mol. The molecular formula is C13H20Cl2N2. The monoisotopic (exact) mass is 274 g/mol. The van der Waals surface area contributed by atoms with Crippen molar-refractivity contribution >= 4 is 24.0 Å². The quantitative estimate of drug-likeness (QED) is 0.899. The van der Waals surface area contributed by atoms with Gasteiger partial charge in [0.25, 0.3) is 0 Å². The molecule has 0 spiro atoms. The van der Waals surface area contributed by atoms with Crippen molar-refractivity contribution in [1.29, 1.82) is 0 Å². The van der Waals surface area contributed by atoms with E-state index in [9.17, 15) is 0 Å². The fourth-order valence-electron chi connectivity index (χ4n) is 2.37. The topological polar surface area (TPSA) is 29.3 Å². The third-order valence-electron chi connectivity index (χ3n) is 3.41. The number of nitrogens with zero attached hydrogens (tertiary/aromatic N) is 1. The summed E-state index contributed by atoms with van der Waals surface area (Å²) < 4.78 is 0. The first-order valence-corrected chi connectivity index (χ1v) is 6.21. The van der Waals surface area contributed by atoms with Gasteiger partial charge in [-0.15, -0.1) is 12.4 Å². The number of rotatable bonds is 2. The van der Waals surface area contributed by atoms with E-state index in [0.717, 1.165) is 31.0 Å². The molecule has 2 N–H and O–H groups in total. The molecule has 1 saturated heterocycles. The van der Waals surface area contributed by atoms with E-state index in [1.807, 2.05) is 12.1 Å². The highest BCUT2D eigenvalue weighted by Gasteiger charge is 2.24. The van der Waals surface area contributed by atoms with Gasteiger partial charge in [-0.2, -0.15) is 0 Å². The van der Waals surface area contributed by atoms with Gasteiger partial charge in [0, 0.05) is 17.6 Å². The third kappa shape index (κ3) is 4.14. The Labute approximate surface area is 115 Å². The van der Waals surface area contributed by atoms with Crippen LogP contribution in [-0.2, 0) is 6.42 Å². The average Bonchev–Trinajstić information content (AvgIpc) is 2.27. The summed E-state index contributed by atoms with van der Waals surface area (Å²) in [6, 6.07) is 8.45. The largest absolute Gasteiger partial charge is 0.327 e. The van der Waals surface area contributed by atoms with Crippen LogP contribution in [0, 0.1) is 5.92 Å². The molecule has 0 bridgehead atoms. The Hall–Kier alpha value is -0.280. The van der Waals surface area contributed by atoms with Gasteiger partial charge in [-0.3, -0.25) is 0 Å². The third-order valence-corrected chi connectivity index (χ3v) is 3.66. The minimum atomic E-state index is 0. The molecule has 0 radical (unpaired) electrons. The SMILES string of the molecule is CN1CCC(N)C(Cc2ccc(Cl)cc2)C1.Cl. The van der Waals surface area contributed by atoms with Gasteiger partial charge in [0.15, 0.2) is 0 Å². The molecule has 1 aromatic rings. The molecule has 2 rings (SSSR count). The number of halogens is 2. The Morgan fingerprint density at radius 3 is 2.65 bits per heavy atom. The lowest BCUT2D eigenvalue weighted by molar-refractivity contribution is 0.185. The molecule has 1 aliphatic heterocycles. The normalized spacial score (nSPS) is 25.4. The van der Waals surface area contributed by atoms with E-state index in [4.69, 9.17) is 17.3 Å². The van der Waals surface area contributed by atoms with Crippen molar-refractivity contribution in [3.05, 3.63) is 34.9 Å². The molecule has 1 heterocycles. The predicted octanol–water partition coefficient (Wildman–Crippen LogP) is 2.58. The molecule has 1 aromatic carbocycles. The summed E-state index contributed by atoms with van der Waals surface area (Å²) in [4.78, 5) is 2.37. The second-order valence-corrected chi connectivity index (χ2v) is 5.24. The second-order valence-electron chi connectivity index (χ2n) is 4.81. The second kappa shape index (κ2) is 6.60. The molecule has 4 heteroatoms. The Balaban J connectivity index is 0.00000144. The zero-order chi connectivity index (χ0) is 11.5. The lowest BCUT2D eigenvalue weighted by atomic mass is 9.87. The van der Waals surface area contributed by atoms with Crippen molar-refractivity contribution in [1.82, 2.24) is 4.90 Å². The molecule has 1 aliphatic rings. The minimum Gasteiger partial charge on any atom is -0.327 e. The highest BCUT2D eigenvalue weighted by molar-refractivity contribution is 6.30. The molecule has 0 aliphatic carbocycles. The van der Waals surface area contributed by atoms with Crippen molar-refractivity contribution in [3.8, 4) is 0 Å². The number of hydrogen-bond acceptors (Lipinski definition) is 2. The summed E-state index contributed by atoms with van der Waals surface area (Å²) in [6.45, 7) is 2.22. The van der Waals surface area contributed by atoms with Gasteiger partial charge in [-0.1, -0.05) is 23.7 Å². The lowest BCUT2D eigenvalue weighted by Crippen LogP contribution is -2.46. The van der Waals surface area contributed by atoms with Crippen LogP contribution in [0.2, 0.25) is 5.02 Å². The van der Waals surface area contributed by atoms with Crippen LogP contribution in [0.4, 0.5) is 0 Å². The molecule has 2 unspecified atom stereocenters. The van der Waals surface area contributed by atoms with Gasteiger partial charge in [0.1, 0.15) is 0 Å². The first-order valence-electron chi connectivity index (χ1n) is 5.83. The molecule has 2 atom stereocenters. The summed E-state index contributed by atoms with van der Waals surface area (Å²) in [5.41, 5.74) is 7.50. The van der Waals surface area contributed by atoms with Gasteiger partial charge in [0.2, 0.25) is 0 Å². The van der Waals surface area contributed by atoms with Crippen molar-refractivity contribution < 1.29 is 0 Å². The van der Waals surface area contributed by atoms with Gasteiger partial charge in [0.05, 0.1) is 0 Å². The maximum Gasteiger partial charge on any atom is 0.0406 e. The van der Waals surface area contributed by atoms with Gasteiger partial charge < -0.3 is 10.6 Å². The Bertz CT molecular complexity index is 340. The summed E-state index contributed by atoms with van der Waals surface area (Å²) in [6.07, 6.45) is 2.16. The van der Waals surface area contributed by atoms with E-state index >= 15 is 0 Å². The van der Waals surface area contributed by atoms with Crippen molar-refractivity contribution in [3.63, 3.8) is 0 Å². The van der Waals surface area contributed by atoms with Crippen LogP contribution in [0.1, 0.15) is 12.0 Å². The van der Waals surface area contributed by atoms with Crippen molar-refractivity contribution in [2.45, 2.75) is 18.9 Å². The maximum atomic E-state index is 6.17. The molecular weight excluding hydrogens is 255 g/mol. The summed E-state index contributed by atoms with van der Waals surface area (Å²) in [7, 11) is 2.17. The average molecular weight is 275 g/mol. The molecule has 2 nitrogen and oxygen atoms in total. The zero-order valence-corrected chi connectivity index (χ0v) is 11.7. The fraction of sp³-hybridized carbons (Fsp3) is 0.538. The molecule has 17 heavy (non-hydrogen) atoms. The fourth-order valence-corrected chi connectivity index (χ4v) is 2.50. The van der Waals surface area contributed by atoms with E-state index in [1.165, 1.54) is 5.56 Å². The number of benzene rings is 1. The zero-order valence-electron chi connectivity index (χ0n) is 10.1. The first kappa shape index (κ1) is 14.8. The van der Waals surface area contributed by atoms with Crippen molar-refractivity contribution in [2.24, 2.45) is 11.7 Å². The smallest absolute Gasteiger partial charge is 0.0406 e. The first-order chi connectivity index (χ1) is 7.65. The summed E-state index contributed by atoms with van der Waals surface area (Å²) in [5, 5.41) is 0.800. The molecule has 0 saturated carbocycles. The van der Waals surface area contributed by atoms with Crippen LogP contribution in [0.25, 0.3) is 0 Å². The van der Waals surface area contributed by atoms with Crippen LogP contribution >= 0.6 is 24.0 Å². The highest BCUT2D eigenvalue weighted by Crippen LogP contribution is 2.20. The highest BCUT2D eigenvalue weighted by atomic mass is 35.5. The van der Waals surface area contributed by atoms with E-state index in [0.29, 0.717) is 12.0 Å². The van der Waals surface area contributed by atoms with Crippen LogP contribution in [0.5, 0.6) is 0 Å². The van der Waals surface area contributed by atoms with Crippen molar-refractivity contribution in [2.75, 3.05) is 20.1 Å². The van der Waals surface area contributed by atoms with E-state index < -0.39 is 0 Å². The molecule has 0 aromatic heterocycles. The standard InChI is InChI=1S/C13H19ClN2.ClH/c1-16-7-6-13(15)11(9-16)8-10-2-4-12(14)5-3-10;/h2-5,11,13H,6-9,15H2,1H3;1H. The van der Waals surface area contributed by atoms with Crippen LogP contribution < -0.4 is 5.73 Å². The number of nitrogens with two attached hydrogens (primary N) is 1. The Morgan fingerprint density at radius 2 is 2.00 bits per heavy atom. The number of hydrogen-bond donors (Lipinski definition) is 1. The summed E-state index contributed by atoms with van der Waals surface area (Å²) in [5.74, 6) is 0.569.